The van der Waals surface area contributed by atoms with Gasteiger partial charge in [0.1, 0.15) is 0 Å². The third-order valence-corrected chi connectivity index (χ3v) is 6.47. The van der Waals surface area contributed by atoms with Crippen molar-refractivity contribution in [2.45, 2.75) is 83.6 Å². The van der Waals surface area contributed by atoms with E-state index < -0.39 is 0 Å². The maximum atomic E-state index is 3.83. The van der Waals surface area contributed by atoms with Gasteiger partial charge in [0.2, 0.25) is 0 Å². The zero-order chi connectivity index (χ0) is 13.1. The van der Waals surface area contributed by atoms with Gasteiger partial charge in [0, 0.05) is 6.04 Å². The molecular formula is C18H33N. The monoisotopic (exact) mass is 263 g/mol. The van der Waals surface area contributed by atoms with Crippen molar-refractivity contribution >= 4 is 0 Å². The largest absolute Gasteiger partial charge is 0.313 e. The average molecular weight is 263 g/mol. The first kappa shape index (κ1) is 13.9. The molecule has 3 aliphatic rings. The third kappa shape index (κ3) is 3.35. The average Bonchev–Trinajstić information content (AvgIpc) is 2.49. The van der Waals surface area contributed by atoms with E-state index in [4.69, 9.17) is 0 Å². The van der Waals surface area contributed by atoms with E-state index in [9.17, 15) is 0 Å². The maximum absolute atomic E-state index is 3.83. The molecule has 2 unspecified atom stereocenters. The summed E-state index contributed by atoms with van der Waals surface area (Å²) in [4.78, 5) is 0. The molecule has 1 heteroatoms. The Morgan fingerprint density at radius 3 is 1.95 bits per heavy atom. The van der Waals surface area contributed by atoms with Gasteiger partial charge in [-0.15, -0.1) is 0 Å². The highest BCUT2D eigenvalue weighted by Gasteiger charge is 2.34. The van der Waals surface area contributed by atoms with Gasteiger partial charge in [-0.25, -0.2) is 0 Å². The predicted molar refractivity (Wildman–Crippen MR) is 82.2 cm³/mol. The van der Waals surface area contributed by atoms with Gasteiger partial charge in [-0.1, -0.05) is 39.0 Å². The smallest absolute Gasteiger partial charge is 0.0121 e. The normalized spacial score (nSPS) is 42.2. The highest BCUT2D eigenvalue weighted by molar-refractivity contribution is 4.89. The SMILES string of the molecule is CC1CCCNC1C1CCC(C2CCCCC2)CC1. The van der Waals surface area contributed by atoms with Crippen molar-refractivity contribution in [3.05, 3.63) is 0 Å². The van der Waals surface area contributed by atoms with E-state index in [1.54, 1.807) is 25.7 Å². The Morgan fingerprint density at radius 1 is 0.632 bits per heavy atom. The molecule has 0 bridgehead atoms. The molecule has 0 radical (unpaired) electrons. The quantitative estimate of drug-likeness (QED) is 0.757. The molecule has 2 saturated carbocycles. The van der Waals surface area contributed by atoms with E-state index in [-0.39, 0.29) is 0 Å². The molecule has 1 saturated heterocycles. The predicted octanol–water partition coefficient (Wildman–Crippen LogP) is 4.76. The van der Waals surface area contributed by atoms with Crippen LogP contribution in [0.5, 0.6) is 0 Å². The minimum absolute atomic E-state index is 0.848. The zero-order valence-corrected chi connectivity index (χ0v) is 12.9. The Labute approximate surface area is 119 Å². The van der Waals surface area contributed by atoms with E-state index in [1.165, 1.54) is 51.5 Å². The Kier molecular flexibility index (Phi) is 4.84. The van der Waals surface area contributed by atoms with Gasteiger partial charge >= 0.3 is 0 Å². The van der Waals surface area contributed by atoms with Crippen molar-refractivity contribution < 1.29 is 0 Å². The second kappa shape index (κ2) is 6.61. The fraction of sp³-hybridized carbons (Fsp3) is 1.00. The van der Waals surface area contributed by atoms with Crippen LogP contribution in [0.3, 0.4) is 0 Å². The van der Waals surface area contributed by atoms with Crippen molar-refractivity contribution in [3.8, 4) is 0 Å². The Morgan fingerprint density at radius 2 is 1.26 bits per heavy atom. The van der Waals surface area contributed by atoms with Gasteiger partial charge < -0.3 is 5.32 Å². The van der Waals surface area contributed by atoms with Gasteiger partial charge in [-0.3, -0.25) is 0 Å². The molecule has 1 aliphatic heterocycles. The third-order valence-electron chi connectivity index (χ3n) is 6.47. The van der Waals surface area contributed by atoms with Gasteiger partial charge in [0.25, 0.3) is 0 Å². The van der Waals surface area contributed by atoms with Crippen LogP contribution in [0.4, 0.5) is 0 Å². The zero-order valence-electron chi connectivity index (χ0n) is 12.9. The highest BCUT2D eigenvalue weighted by atomic mass is 14.9. The summed E-state index contributed by atoms with van der Waals surface area (Å²) in [6.45, 7) is 3.75. The number of nitrogens with one attached hydrogen (secondary N) is 1. The van der Waals surface area contributed by atoms with Gasteiger partial charge in [-0.2, -0.15) is 0 Å². The molecule has 110 valence electrons. The van der Waals surface area contributed by atoms with Gasteiger partial charge in [-0.05, 0) is 68.7 Å². The van der Waals surface area contributed by atoms with Crippen LogP contribution in [-0.2, 0) is 0 Å². The molecule has 0 amide bonds. The second-order valence-corrected chi connectivity index (χ2v) is 7.67. The second-order valence-electron chi connectivity index (χ2n) is 7.67. The van der Waals surface area contributed by atoms with Crippen molar-refractivity contribution in [1.29, 1.82) is 0 Å². The van der Waals surface area contributed by atoms with Crippen LogP contribution in [0, 0.1) is 23.7 Å². The first-order valence-electron chi connectivity index (χ1n) is 9.08. The standard InChI is InChI=1S/C18H33N/c1-14-6-5-13-19-18(14)17-11-9-16(10-12-17)15-7-3-2-4-8-15/h14-19H,2-13H2,1H3. The Bertz CT molecular complexity index is 261. The summed E-state index contributed by atoms with van der Waals surface area (Å²) >= 11 is 0. The molecule has 0 aromatic carbocycles. The molecule has 1 heterocycles. The first-order valence-corrected chi connectivity index (χ1v) is 9.08. The summed E-state index contributed by atoms with van der Waals surface area (Å²) in [5.74, 6) is 4.11. The molecule has 0 aromatic rings. The van der Waals surface area contributed by atoms with Crippen LogP contribution in [0.1, 0.15) is 77.6 Å². The minimum Gasteiger partial charge on any atom is -0.313 e. The Balaban J connectivity index is 1.48. The van der Waals surface area contributed by atoms with Crippen molar-refractivity contribution in [3.63, 3.8) is 0 Å². The first-order chi connectivity index (χ1) is 9.34. The van der Waals surface area contributed by atoms with Crippen molar-refractivity contribution in [1.82, 2.24) is 5.32 Å². The molecule has 19 heavy (non-hydrogen) atoms. The van der Waals surface area contributed by atoms with Crippen LogP contribution in [0.2, 0.25) is 0 Å². The van der Waals surface area contributed by atoms with E-state index >= 15 is 0 Å². The summed E-state index contributed by atoms with van der Waals surface area (Å²) in [6, 6.07) is 0.848. The molecule has 1 N–H and O–H groups in total. The van der Waals surface area contributed by atoms with E-state index in [0.717, 1.165) is 29.7 Å². The summed E-state index contributed by atoms with van der Waals surface area (Å²) in [6.07, 6.45) is 16.6. The van der Waals surface area contributed by atoms with Crippen molar-refractivity contribution in [2.24, 2.45) is 23.7 Å². The fourth-order valence-corrected chi connectivity index (χ4v) is 5.29. The summed E-state index contributed by atoms with van der Waals surface area (Å²) < 4.78 is 0. The molecular weight excluding hydrogens is 230 g/mol. The number of hydrogen-bond donors (Lipinski definition) is 1. The maximum Gasteiger partial charge on any atom is 0.0121 e. The van der Waals surface area contributed by atoms with Crippen LogP contribution >= 0.6 is 0 Å². The van der Waals surface area contributed by atoms with Gasteiger partial charge in [0.05, 0.1) is 0 Å². The van der Waals surface area contributed by atoms with Crippen LogP contribution in [0.15, 0.2) is 0 Å². The fourth-order valence-electron chi connectivity index (χ4n) is 5.29. The lowest BCUT2D eigenvalue weighted by atomic mass is 9.68. The number of hydrogen-bond acceptors (Lipinski definition) is 1. The van der Waals surface area contributed by atoms with Crippen molar-refractivity contribution in [2.75, 3.05) is 6.54 Å². The Hall–Kier alpha value is -0.0400. The topological polar surface area (TPSA) is 12.0 Å². The minimum atomic E-state index is 0.848. The lowest BCUT2D eigenvalue weighted by molar-refractivity contribution is 0.121. The highest BCUT2D eigenvalue weighted by Crippen LogP contribution is 2.42. The molecule has 1 nitrogen and oxygen atoms in total. The van der Waals surface area contributed by atoms with Crippen LogP contribution < -0.4 is 5.32 Å². The van der Waals surface area contributed by atoms with E-state index in [1.807, 2.05) is 0 Å². The van der Waals surface area contributed by atoms with Crippen LogP contribution in [-0.4, -0.2) is 12.6 Å². The summed E-state index contributed by atoms with van der Waals surface area (Å²) in [5, 5.41) is 3.83. The molecule has 0 spiro atoms. The van der Waals surface area contributed by atoms with Crippen LogP contribution in [0.25, 0.3) is 0 Å². The summed E-state index contributed by atoms with van der Waals surface area (Å²) in [5.41, 5.74) is 0. The lowest BCUT2D eigenvalue weighted by Gasteiger charge is -2.42. The van der Waals surface area contributed by atoms with E-state index in [0.29, 0.717) is 0 Å². The molecule has 2 atom stereocenters. The summed E-state index contributed by atoms with van der Waals surface area (Å²) in [7, 11) is 0. The molecule has 0 aromatic heterocycles. The lowest BCUT2D eigenvalue weighted by Crippen LogP contribution is -2.46. The van der Waals surface area contributed by atoms with Gasteiger partial charge in [0.15, 0.2) is 0 Å². The number of rotatable bonds is 2. The molecule has 3 fully saturated rings. The molecule has 2 aliphatic carbocycles. The van der Waals surface area contributed by atoms with E-state index in [2.05, 4.69) is 12.2 Å². The molecule has 3 rings (SSSR count). The number of piperidine rings is 1.